The van der Waals surface area contributed by atoms with E-state index >= 15 is 0 Å². The van der Waals surface area contributed by atoms with Crippen molar-refractivity contribution in [2.45, 2.75) is 66.7 Å². The van der Waals surface area contributed by atoms with Crippen LogP contribution in [0.1, 0.15) is 64.0 Å². The largest absolute Gasteiger partial charge is 0.493 e. The van der Waals surface area contributed by atoms with E-state index < -0.39 is 0 Å². The Kier molecular flexibility index (Phi) is 13.7. The van der Waals surface area contributed by atoms with Crippen LogP contribution >= 0.6 is 0 Å². The fraction of sp³-hybridized carbons (Fsp3) is 0.640. The van der Waals surface area contributed by atoms with E-state index in [4.69, 9.17) is 14.3 Å². The van der Waals surface area contributed by atoms with Crippen LogP contribution in [0, 0.1) is 13.8 Å². The molecule has 5 nitrogen and oxygen atoms in total. The summed E-state index contributed by atoms with van der Waals surface area (Å²) in [4.78, 5) is 7.26. The van der Waals surface area contributed by atoms with E-state index in [-0.39, 0.29) is 0 Å². The monoisotopic (exact) mass is 418 g/mol. The Balaban J connectivity index is 2.22. The highest BCUT2D eigenvalue weighted by Gasteiger charge is 2.08. The molecular weight excluding hydrogens is 376 g/mol. The average molecular weight is 419 g/mol. The molecule has 1 aromatic rings. The Bertz CT molecular complexity index is 633. The molecule has 0 heterocycles. The van der Waals surface area contributed by atoms with Gasteiger partial charge in [0.2, 0.25) is 0 Å². The number of rotatable bonds is 16. The zero-order valence-electron chi connectivity index (χ0n) is 20.0. The Labute approximate surface area is 184 Å². The summed E-state index contributed by atoms with van der Waals surface area (Å²) in [7, 11) is 1.60. The summed E-state index contributed by atoms with van der Waals surface area (Å²) >= 11 is 0. The molecule has 0 spiro atoms. The van der Waals surface area contributed by atoms with Crippen LogP contribution in [0.2, 0.25) is 0 Å². The number of allylic oxidation sites excluding steroid dienone is 1. The molecule has 0 bridgehead atoms. The summed E-state index contributed by atoms with van der Waals surface area (Å²) in [5.74, 6) is 1.90. The molecular formula is C25H42N2O3. The van der Waals surface area contributed by atoms with Crippen LogP contribution in [0.25, 0.3) is 0 Å². The maximum atomic E-state index is 6.07. The van der Waals surface area contributed by atoms with Crippen LogP contribution in [0.5, 0.6) is 11.5 Å². The zero-order chi connectivity index (χ0) is 22.2. The lowest BCUT2D eigenvalue weighted by atomic mass is 10.1. The van der Waals surface area contributed by atoms with Gasteiger partial charge in [0.1, 0.15) is 25.2 Å². The van der Waals surface area contributed by atoms with Crippen molar-refractivity contribution in [3.8, 4) is 11.5 Å². The topological polar surface area (TPSA) is 43.3 Å². The summed E-state index contributed by atoms with van der Waals surface area (Å²) in [6.07, 6.45) is 10.0. The molecule has 0 amide bonds. The fourth-order valence-corrected chi connectivity index (χ4v) is 3.46. The minimum absolute atomic E-state index is 0.603. The lowest BCUT2D eigenvalue weighted by Gasteiger charge is -2.19. The van der Waals surface area contributed by atoms with Gasteiger partial charge in [-0.25, -0.2) is 0 Å². The summed E-state index contributed by atoms with van der Waals surface area (Å²) < 4.78 is 11.8. The lowest BCUT2D eigenvalue weighted by molar-refractivity contribution is 0.209. The van der Waals surface area contributed by atoms with Crippen LogP contribution in [-0.4, -0.2) is 50.6 Å². The van der Waals surface area contributed by atoms with Crippen molar-refractivity contribution in [1.82, 2.24) is 4.90 Å². The molecule has 30 heavy (non-hydrogen) atoms. The second-order valence-electron chi connectivity index (χ2n) is 7.76. The molecule has 0 unspecified atom stereocenters. The number of unbranched alkanes of at least 4 members (excludes halogenated alkanes) is 4. The van der Waals surface area contributed by atoms with Crippen molar-refractivity contribution in [3.05, 3.63) is 35.4 Å². The van der Waals surface area contributed by atoms with Crippen LogP contribution < -0.4 is 9.47 Å². The highest BCUT2D eigenvalue weighted by atomic mass is 16.6. The van der Waals surface area contributed by atoms with Crippen molar-refractivity contribution in [2.24, 2.45) is 5.16 Å². The molecule has 0 atom stereocenters. The highest BCUT2D eigenvalue weighted by molar-refractivity contribution is 5.83. The number of oxime groups is 1. The third kappa shape index (κ3) is 10.7. The van der Waals surface area contributed by atoms with E-state index in [1.807, 2.05) is 26.0 Å². The number of nitrogens with zero attached hydrogens (tertiary/aromatic N) is 2. The molecule has 0 aromatic heterocycles. The predicted octanol–water partition coefficient (Wildman–Crippen LogP) is 5.93. The van der Waals surface area contributed by atoms with Gasteiger partial charge in [0.05, 0.1) is 12.3 Å². The van der Waals surface area contributed by atoms with E-state index in [0.717, 1.165) is 61.0 Å². The molecule has 0 aliphatic rings. The molecule has 170 valence electrons. The Morgan fingerprint density at radius 2 is 1.70 bits per heavy atom. The first-order valence-electron chi connectivity index (χ1n) is 11.3. The van der Waals surface area contributed by atoms with Gasteiger partial charge in [0, 0.05) is 6.54 Å². The lowest BCUT2D eigenvalue weighted by Crippen LogP contribution is -2.29. The third-order valence-electron chi connectivity index (χ3n) is 5.03. The Morgan fingerprint density at radius 3 is 2.33 bits per heavy atom. The van der Waals surface area contributed by atoms with Gasteiger partial charge in [-0.3, -0.25) is 4.90 Å². The van der Waals surface area contributed by atoms with E-state index in [1.165, 1.54) is 25.7 Å². The number of benzene rings is 1. The standard InChI is InChI=1S/C25H42N2O3/c1-7-9-16-29-24-18-21(3)25(22(4)19-24)30-17-14-12-10-11-13-15-27(8-2)20-23(5)26-28-6/h7,9,18-19H,8,10-17,20H2,1-6H3/b9-7+,26-23?. The predicted molar refractivity (Wildman–Crippen MR) is 127 cm³/mol. The Hall–Kier alpha value is -2.01. The van der Waals surface area contributed by atoms with E-state index in [2.05, 4.69) is 43.0 Å². The first kappa shape index (κ1) is 26.0. The first-order valence-corrected chi connectivity index (χ1v) is 11.3. The second kappa shape index (κ2) is 15.8. The van der Waals surface area contributed by atoms with Crippen molar-refractivity contribution >= 4 is 5.71 Å². The van der Waals surface area contributed by atoms with Gasteiger partial charge in [0.25, 0.3) is 0 Å². The molecule has 5 heteroatoms. The smallest absolute Gasteiger partial charge is 0.125 e. The minimum atomic E-state index is 0.603. The van der Waals surface area contributed by atoms with Gasteiger partial charge in [-0.2, -0.15) is 0 Å². The first-order chi connectivity index (χ1) is 14.5. The summed E-state index contributed by atoms with van der Waals surface area (Å²) in [5.41, 5.74) is 3.30. The summed E-state index contributed by atoms with van der Waals surface area (Å²) in [5, 5.41) is 4.00. The van der Waals surface area contributed by atoms with Crippen molar-refractivity contribution < 1.29 is 14.3 Å². The van der Waals surface area contributed by atoms with Crippen LogP contribution in [0.4, 0.5) is 0 Å². The van der Waals surface area contributed by atoms with Gasteiger partial charge in [-0.1, -0.05) is 43.5 Å². The van der Waals surface area contributed by atoms with Crippen molar-refractivity contribution in [3.63, 3.8) is 0 Å². The second-order valence-corrected chi connectivity index (χ2v) is 7.76. The minimum Gasteiger partial charge on any atom is -0.493 e. The molecule has 0 saturated carbocycles. The Morgan fingerprint density at radius 1 is 1.03 bits per heavy atom. The van der Waals surface area contributed by atoms with E-state index in [1.54, 1.807) is 7.11 Å². The molecule has 1 aromatic carbocycles. The number of ether oxygens (including phenoxy) is 2. The summed E-state index contributed by atoms with van der Waals surface area (Å²) in [6.45, 7) is 14.8. The molecule has 0 aliphatic carbocycles. The van der Waals surface area contributed by atoms with Gasteiger partial charge in [-0.15, -0.1) is 0 Å². The quantitative estimate of drug-likeness (QED) is 0.144. The normalized spacial score (nSPS) is 12.0. The van der Waals surface area contributed by atoms with Crippen LogP contribution in [0.15, 0.2) is 29.4 Å². The van der Waals surface area contributed by atoms with Crippen LogP contribution in [-0.2, 0) is 4.84 Å². The van der Waals surface area contributed by atoms with E-state index in [9.17, 15) is 0 Å². The molecule has 0 radical (unpaired) electrons. The van der Waals surface area contributed by atoms with Gasteiger partial charge in [-0.05, 0) is 76.9 Å². The number of aryl methyl sites for hydroxylation is 2. The highest BCUT2D eigenvalue weighted by Crippen LogP contribution is 2.28. The van der Waals surface area contributed by atoms with Gasteiger partial charge < -0.3 is 14.3 Å². The molecule has 0 aliphatic heterocycles. The molecule has 0 saturated heterocycles. The maximum absolute atomic E-state index is 6.07. The van der Waals surface area contributed by atoms with Crippen LogP contribution in [0.3, 0.4) is 0 Å². The third-order valence-corrected chi connectivity index (χ3v) is 5.03. The molecule has 0 fully saturated rings. The molecule has 0 N–H and O–H groups in total. The maximum Gasteiger partial charge on any atom is 0.125 e. The average Bonchev–Trinajstić information content (AvgIpc) is 2.71. The summed E-state index contributed by atoms with van der Waals surface area (Å²) in [6, 6.07) is 4.12. The molecule has 1 rings (SSSR count). The number of hydrogen-bond donors (Lipinski definition) is 0. The van der Waals surface area contributed by atoms with Gasteiger partial charge in [0.15, 0.2) is 0 Å². The van der Waals surface area contributed by atoms with Gasteiger partial charge >= 0.3 is 0 Å². The van der Waals surface area contributed by atoms with E-state index in [0.29, 0.717) is 6.61 Å². The fourth-order valence-electron chi connectivity index (χ4n) is 3.46. The zero-order valence-corrected chi connectivity index (χ0v) is 20.0. The van der Waals surface area contributed by atoms with Crippen molar-refractivity contribution in [2.75, 3.05) is 40.0 Å². The SMILES string of the molecule is C/C=C/COc1cc(C)c(OCCCCCCCN(CC)CC(C)=NOC)c(C)c1. The number of hydrogen-bond acceptors (Lipinski definition) is 5. The van der Waals surface area contributed by atoms with Crippen molar-refractivity contribution in [1.29, 1.82) is 0 Å².